The van der Waals surface area contributed by atoms with E-state index >= 15 is 0 Å². The molecule has 2 aromatic rings. The number of likely N-dealkylation sites (N-methyl/N-ethyl adjacent to an activating group) is 1. The summed E-state index contributed by atoms with van der Waals surface area (Å²) in [6.45, 7) is 6.39. The highest BCUT2D eigenvalue weighted by Crippen LogP contribution is 2.19. The molecule has 0 aliphatic heterocycles. The van der Waals surface area contributed by atoms with Gasteiger partial charge in [-0.1, -0.05) is 37.3 Å². The second kappa shape index (κ2) is 7.38. The summed E-state index contributed by atoms with van der Waals surface area (Å²) in [5.74, 6) is 0. The highest BCUT2D eigenvalue weighted by molar-refractivity contribution is 5.26. The molecule has 0 saturated carbocycles. The first kappa shape index (κ1) is 15.7. The van der Waals surface area contributed by atoms with Gasteiger partial charge in [0, 0.05) is 19.1 Å². The maximum Gasteiger partial charge on any atom is 0.0949 e. The number of imidazole rings is 1. The minimum Gasteiger partial charge on any atom is -0.332 e. The molecule has 0 fully saturated rings. The van der Waals surface area contributed by atoms with Gasteiger partial charge in [-0.15, -0.1) is 0 Å². The molecule has 1 aromatic carbocycles. The van der Waals surface area contributed by atoms with Crippen LogP contribution in [0.4, 0.5) is 0 Å². The molecule has 0 amide bonds. The summed E-state index contributed by atoms with van der Waals surface area (Å²) in [5.41, 5.74) is 8.57. The second-order valence-corrected chi connectivity index (χ2v) is 5.64. The van der Waals surface area contributed by atoms with Gasteiger partial charge in [0.2, 0.25) is 0 Å². The Morgan fingerprint density at radius 1 is 1.29 bits per heavy atom. The van der Waals surface area contributed by atoms with E-state index < -0.39 is 0 Å². The van der Waals surface area contributed by atoms with Crippen LogP contribution in [0, 0.1) is 0 Å². The van der Waals surface area contributed by atoms with Crippen molar-refractivity contribution in [2.24, 2.45) is 5.73 Å². The van der Waals surface area contributed by atoms with Gasteiger partial charge in [0.15, 0.2) is 0 Å². The Morgan fingerprint density at radius 2 is 2.00 bits per heavy atom. The lowest BCUT2D eigenvalue weighted by Gasteiger charge is -2.24. The minimum absolute atomic E-state index is 0.123. The van der Waals surface area contributed by atoms with E-state index in [9.17, 15) is 0 Å². The molecule has 0 aliphatic rings. The van der Waals surface area contributed by atoms with E-state index in [4.69, 9.17) is 5.73 Å². The van der Waals surface area contributed by atoms with Gasteiger partial charge in [0.1, 0.15) is 0 Å². The van der Waals surface area contributed by atoms with E-state index in [-0.39, 0.29) is 6.04 Å². The fraction of sp³-hybridized carbons (Fsp3) is 0.471. The summed E-state index contributed by atoms with van der Waals surface area (Å²) in [6.07, 6.45) is 4.92. The van der Waals surface area contributed by atoms with Gasteiger partial charge in [-0.05, 0) is 26.0 Å². The van der Waals surface area contributed by atoms with Gasteiger partial charge in [0.05, 0.1) is 24.3 Å². The van der Waals surface area contributed by atoms with E-state index in [0.717, 1.165) is 30.8 Å². The third-order valence-electron chi connectivity index (χ3n) is 4.26. The zero-order valence-corrected chi connectivity index (χ0v) is 13.2. The molecule has 4 heteroatoms. The molecule has 4 nitrogen and oxygen atoms in total. The van der Waals surface area contributed by atoms with Crippen molar-refractivity contribution in [3.63, 3.8) is 0 Å². The topological polar surface area (TPSA) is 47.1 Å². The third-order valence-corrected chi connectivity index (χ3v) is 4.26. The van der Waals surface area contributed by atoms with Gasteiger partial charge in [-0.3, -0.25) is 0 Å². The lowest BCUT2D eigenvalue weighted by Crippen LogP contribution is -2.32. The Bertz CT molecular complexity index is 535. The van der Waals surface area contributed by atoms with Crippen molar-refractivity contribution in [3.05, 3.63) is 54.1 Å². The largest absolute Gasteiger partial charge is 0.332 e. The van der Waals surface area contributed by atoms with Crippen molar-refractivity contribution in [2.75, 3.05) is 13.6 Å². The number of rotatable bonds is 7. The summed E-state index contributed by atoms with van der Waals surface area (Å²) < 4.78 is 2.16. The van der Waals surface area contributed by atoms with Crippen molar-refractivity contribution >= 4 is 0 Å². The smallest absolute Gasteiger partial charge is 0.0949 e. The molecule has 0 aliphatic carbocycles. The normalized spacial score (nSPS) is 14.3. The Labute approximate surface area is 127 Å². The molecule has 0 saturated heterocycles. The Hall–Kier alpha value is -1.65. The highest BCUT2D eigenvalue weighted by atomic mass is 15.2. The number of aromatic nitrogens is 2. The number of hydrogen-bond donors (Lipinski definition) is 1. The molecule has 1 heterocycles. The Balaban J connectivity index is 2.05. The number of nitrogens with zero attached hydrogens (tertiary/aromatic N) is 3. The van der Waals surface area contributed by atoms with Crippen LogP contribution in [-0.4, -0.2) is 34.1 Å². The van der Waals surface area contributed by atoms with Crippen LogP contribution in [0.25, 0.3) is 0 Å². The maximum absolute atomic E-state index is 6.38. The zero-order chi connectivity index (χ0) is 15.2. The van der Waals surface area contributed by atoms with Crippen LogP contribution in [0.3, 0.4) is 0 Å². The van der Waals surface area contributed by atoms with E-state index in [0.29, 0.717) is 6.04 Å². The fourth-order valence-corrected chi connectivity index (χ4v) is 2.41. The molecule has 2 N–H and O–H groups in total. The average molecular weight is 286 g/mol. The maximum atomic E-state index is 6.38. The first-order chi connectivity index (χ1) is 10.1. The average Bonchev–Trinajstić information content (AvgIpc) is 3.00. The van der Waals surface area contributed by atoms with Crippen molar-refractivity contribution < 1.29 is 0 Å². The first-order valence-electron chi connectivity index (χ1n) is 7.64. The summed E-state index contributed by atoms with van der Waals surface area (Å²) >= 11 is 0. The summed E-state index contributed by atoms with van der Waals surface area (Å²) in [7, 11) is 2.17. The monoisotopic (exact) mass is 286 g/mol. The van der Waals surface area contributed by atoms with Crippen molar-refractivity contribution in [3.8, 4) is 0 Å². The SMILES string of the molecule is CCC(C)N(C)CCn1cncc1C(N)c1ccccc1. The summed E-state index contributed by atoms with van der Waals surface area (Å²) in [5, 5.41) is 0. The molecule has 21 heavy (non-hydrogen) atoms. The molecular weight excluding hydrogens is 260 g/mol. The first-order valence-corrected chi connectivity index (χ1v) is 7.64. The van der Waals surface area contributed by atoms with E-state index in [1.807, 2.05) is 30.7 Å². The number of benzene rings is 1. The van der Waals surface area contributed by atoms with Crippen LogP contribution in [0.1, 0.15) is 37.6 Å². The summed E-state index contributed by atoms with van der Waals surface area (Å²) in [4.78, 5) is 6.65. The minimum atomic E-state index is -0.123. The second-order valence-electron chi connectivity index (χ2n) is 5.64. The van der Waals surface area contributed by atoms with Crippen LogP contribution >= 0.6 is 0 Å². The third kappa shape index (κ3) is 3.93. The van der Waals surface area contributed by atoms with Crippen LogP contribution in [-0.2, 0) is 6.54 Å². The molecule has 0 bridgehead atoms. The van der Waals surface area contributed by atoms with E-state index in [1.54, 1.807) is 0 Å². The quantitative estimate of drug-likeness (QED) is 0.851. The standard InChI is InChI=1S/C17H26N4/c1-4-14(2)20(3)10-11-21-13-19-12-16(21)17(18)15-8-6-5-7-9-15/h5-9,12-14,17H,4,10-11,18H2,1-3H3. The van der Waals surface area contributed by atoms with Crippen LogP contribution < -0.4 is 5.73 Å². The van der Waals surface area contributed by atoms with Crippen LogP contribution in [0.15, 0.2) is 42.9 Å². The van der Waals surface area contributed by atoms with Gasteiger partial charge in [0.25, 0.3) is 0 Å². The lowest BCUT2D eigenvalue weighted by atomic mass is 10.1. The highest BCUT2D eigenvalue weighted by Gasteiger charge is 2.14. The molecule has 2 rings (SSSR count). The van der Waals surface area contributed by atoms with Crippen LogP contribution in [0.2, 0.25) is 0 Å². The van der Waals surface area contributed by atoms with Gasteiger partial charge >= 0.3 is 0 Å². The lowest BCUT2D eigenvalue weighted by molar-refractivity contribution is 0.241. The molecule has 1 aromatic heterocycles. The fourth-order valence-electron chi connectivity index (χ4n) is 2.41. The Kier molecular flexibility index (Phi) is 5.53. The van der Waals surface area contributed by atoms with E-state index in [2.05, 4.69) is 47.5 Å². The Morgan fingerprint density at radius 3 is 2.67 bits per heavy atom. The number of hydrogen-bond acceptors (Lipinski definition) is 3. The zero-order valence-electron chi connectivity index (χ0n) is 13.2. The van der Waals surface area contributed by atoms with Gasteiger partial charge in [-0.25, -0.2) is 4.98 Å². The predicted octanol–water partition coefficient (Wildman–Crippen LogP) is 2.66. The van der Waals surface area contributed by atoms with Crippen LogP contribution in [0.5, 0.6) is 0 Å². The van der Waals surface area contributed by atoms with Crippen molar-refractivity contribution in [1.82, 2.24) is 14.5 Å². The molecule has 2 atom stereocenters. The predicted molar refractivity (Wildman–Crippen MR) is 87.1 cm³/mol. The van der Waals surface area contributed by atoms with E-state index in [1.165, 1.54) is 0 Å². The van der Waals surface area contributed by atoms with Crippen molar-refractivity contribution in [1.29, 1.82) is 0 Å². The van der Waals surface area contributed by atoms with Gasteiger partial charge in [-0.2, -0.15) is 0 Å². The molecule has 114 valence electrons. The molecule has 2 unspecified atom stereocenters. The van der Waals surface area contributed by atoms with Crippen molar-refractivity contribution in [2.45, 2.75) is 38.9 Å². The summed E-state index contributed by atoms with van der Waals surface area (Å²) in [6, 6.07) is 10.6. The molecular formula is C17H26N4. The molecule has 0 spiro atoms. The molecule has 0 radical (unpaired) electrons. The van der Waals surface area contributed by atoms with Gasteiger partial charge < -0.3 is 15.2 Å². The number of nitrogens with two attached hydrogens (primary N) is 1.